The smallest absolute Gasteiger partial charge is 0.345 e. The molecule has 7 nitrogen and oxygen atoms in total. The molecule has 0 aliphatic carbocycles. The molecule has 0 saturated carbocycles. The number of amides is 2. The molecule has 0 saturated heterocycles. The Morgan fingerprint density at radius 2 is 1.69 bits per heavy atom. The number of benzene rings is 3. The van der Waals surface area contributed by atoms with Crippen molar-refractivity contribution in [2.24, 2.45) is 5.10 Å². The number of rotatable bonds is 7. The van der Waals surface area contributed by atoms with Crippen LogP contribution in [-0.4, -0.2) is 30.5 Å². The van der Waals surface area contributed by atoms with E-state index in [4.69, 9.17) is 16.3 Å². The van der Waals surface area contributed by atoms with Crippen LogP contribution >= 0.6 is 27.5 Å². The molecule has 0 aromatic heterocycles. The van der Waals surface area contributed by atoms with Gasteiger partial charge in [0.25, 0.3) is 11.8 Å². The Morgan fingerprint density at radius 3 is 2.44 bits per heavy atom. The van der Waals surface area contributed by atoms with Gasteiger partial charge in [-0.05, 0) is 57.9 Å². The molecule has 9 heteroatoms. The molecule has 0 heterocycles. The summed E-state index contributed by atoms with van der Waals surface area (Å²) < 4.78 is 5.97. The standard InChI is InChI=1S/C23H17BrClN3O4/c24-19-10-3-1-8-17(19)22(30)26-14-21(29)28-27-13-15-6-5-7-16(12-15)32-23(31)18-9-2-4-11-20(18)25/h1-13H,14H2,(H,26,30)(H,28,29). The number of nitrogens with one attached hydrogen (secondary N) is 2. The van der Waals surface area contributed by atoms with E-state index < -0.39 is 11.9 Å². The predicted octanol–water partition coefficient (Wildman–Crippen LogP) is 4.20. The Labute approximate surface area is 197 Å². The maximum Gasteiger partial charge on any atom is 0.345 e. The molecule has 3 aromatic rings. The maximum absolute atomic E-state index is 12.3. The van der Waals surface area contributed by atoms with Crippen molar-refractivity contribution in [2.45, 2.75) is 0 Å². The van der Waals surface area contributed by atoms with Crippen molar-refractivity contribution in [1.29, 1.82) is 0 Å². The van der Waals surface area contributed by atoms with Crippen LogP contribution in [0, 0.1) is 0 Å². The van der Waals surface area contributed by atoms with Crippen LogP contribution in [0.2, 0.25) is 5.02 Å². The zero-order chi connectivity index (χ0) is 22.9. The molecule has 32 heavy (non-hydrogen) atoms. The van der Waals surface area contributed by atoms with Crippen molar-refractivity contribution < 1.29 is 19.1 Å². The fourth-order valence-electron chi connectivity index (χ4n) is 2.57. The lowest BCUT2D eigenvalue weighted by molar-refractivity contribution is -0.120. The number of nitrogens with zero attached hydrogens (tertiary/aromatic N) is 1. The van der Waals surface area contributed by atoms with E-state index in [1.54, 1.807) is 72.8 Å². The zero-order valence-electron chi connectivity index (χ0n) is 16.5. The normalized spacial score (nSPS) is 10.6. The highest BCUT2D eigenvalue weighted by Gasteiger charge is 2.12. The van der Waals surface area contributed by atoms with Crippen LogP contribution in [0.1, 0.15) is 26.3 Å². The third kappa shape index (κ3) is 6.50. The summed E-state index contributed by atoms with van der Waals surface area (Å²) in [5.41, 5.74) is 3.59. The maximum atomic E-state index is 12.3. The minimum Gasteiger partial charge on any atom is -0.423 e. The van der Waals surface area contributed by atoms with Gasteiger partial charge in [0, 0.05) is 4.47 Å². The fourth-order valence-corrected chi connectivity index (χ4v) is 3.24. The van der Waals surface area contributed by atoms with Crippen molar-refractivity contribution in [3.63, 3.8) is 0 Å². The summed E-state index contributed by atoms with van der Waals surface area (Å²) in [5.74, 6) is -1.17. The molecule has 0 bridgehead atoms. The molecule has 2 N–H and O–H groups in total. The zero-order valence-corrected chi connectivity index (χ0v) is 18.9. The predicted molar refractivity (Wildman–Crippen MR) is 125 cm³/mol. The van der Waals surface area contributed by atoms with Gasteiger partial charge in [-0.3, -0.25) is 9.59 Å². The molecule has 3 rings (SSSR count). The lowest BCUT2D eigenvalue weighted by Gasteiger charge is -2.06. The molecular formula is C23H17BrClN3O4. The largest absolute Gasteiger partial charge is 0.423 e. The second kappa shape index (κ2) is 11.2. The SMILES string of the molecule is O=C(CNC(=O)c1ccccc1Br)NN=Cc1cccc(OC(=O)c2ccccc2Cl)c1. The van der Waals surface area contributed by atoms with E-state index in [0.29, 0.717) is 26.4 Å². The Bertz CT molecular complexity index is 1180. The molecule has 0 fully saturated rings. The molecule has 3 aromatic carbocycles. The molecule has 2 amide bonds. The van der Waals surface area contributed by atoms with Gasteiger partial charge >= 0.3 is 5.97 Å². The second-order valence-corrected chi connectivity index (χ2v) is 7.66. The molecule has 162 valence electrons. The number of esters is 1. The first kappa shape index (κ1) is 23.2. The number of hydrogen-bond donors (Lipinski definition) is 2. The van der Waals surface area contributed by atoms with Crippen LogP contribution in [0.3, 0.4) is 0 Å². The highest BCUT2D eigenvalue weighted by Crippen LogP contribution is 2.19. The lowest BCUT2D eigenvalue weighted by atomic mass is 10.2. The van der Waals surface area contributed by atoms with E-state index in [-0.39, 0.29) is 18.0 Å². The van der Waals surface area contributed by atoms with Crippen molar-refractivity contribution in [1.82, 2.24) is 10.7 Å². The molecule has 0 aliphatic rings. The van der Waals surface area contributed by atoms with Crippen molar-refractivity contribution in [3.05, 3.63) is 99.0 Å². The van der Waals surface area contributed by atoms with Gasteiger partial charge in [-0.15, -0.1) is 0 Å². The van der Waals surface area contributed by atoms with Gasteiger partial charge in [-0.25, -0.2) is 10.2 Å². The summed E-state index contributed by atoms with van der Waals surface area (Å²) in [6.45, 7) is -0.243. The number of carbonyl (C=O) groups excluding carboxylic acids is 3. The molecule has 0 atom stereocenters. The van der Waals surface area contributed by atoms with E-state index in [1.807, 2.05) is 0 Å². The van der Waals surface area contributed by atoms with Gasteiger partial charge in [-0.2, -0.15) is 5.10 Å². The number of carbonyl (C=O) groups is 3. The molecule has 0 unspecified atom stereocenters. The Balaban J connectivity index is 1.52. The van der Waals surface area contributed by atoms with Gasteiger partial charge in [0.2, 0.25) is 0 Å². The molecule has 0 radical (unpaired) electrons. The van der Waals surface area contributed by atoms with Gasteiger partial charge in [0.15, 0.2) is 0 Å². The third-order valence-corrected chi connectivity index (χ3v) is 5.11. The number of hydrogen-bond acceptors (Lipinski definition) is 5. The third-order valence-electron chi connectivity index (χ3n) is 4.09. The minimum absolute atomic E-state index is 0.243. The second-order valence-electron chi connectivity index (χ2n) is 6.40. The van der Waals surface area contributed by atoms with Crippen LogP contribution in [0.15, 0.2) is 82.4 Å². The van der Waals surface area contributed by atoms with Crippen molar-refractivity contribution in [2.75, 3.05) is 6.54 Å². The summed E-state index contributed by atoms with van der Waals surface area (Å²) in [6, 6.07) is 20.1. The van der Waals surface area contributed by atoms with E-state index >= 15 is 0 Å². The van der Waals surface area contributed by atoms with Crippen LogP contribution in [-0.2, 0) is 4.79 Å². The minimum atomic E-state index is -0.584. The monoisotopic (exact) mass is 513 g/mol. The topological polar surface area (TPSA) is 96.9 Å². The first-order valence-corrected chi connectivity index (χ1v) is 10.5. The summed E-state index contributed by atoms with van der Waals surface area (Å²) in [5, 5.41) is 6.67. The average Bonchev–Trinajstić information content (AvgIpc) is 2.78. The molecular weight excluding hydrogens is 498 g/mol. The quantitative estimate of drug-likeness (QED) is 0.214. The highest BCUT2D eigenvalue weighted by atomic mass is 79.9. The number of hydrazone groups is 1. The van der Waals surface area contributed by atoms with Gasteiger partial charge in [0.05, 0.1) is 28.9 Å². The molecule has 0 spiro atoms. The Hall–Kier alpha value is -3.49. The van der Waals surface area contributed by atoms with E-state index in [9.17, 15) is 14.4 Å². The fraction of sp³-hybridized carbons (Fsp3) is 0.0435. The van der Waals surface area contributed by atoms with Crippen LogP contribution in [0.25, 0.3) is 0 Å². The first-order chi connectivity index (χ1) is 15.4. The van der Waals surface area contributed by atoms with Crippen molar-refractivity contribution in [3.8, 4) is 5.75 Å². The summed E-state index contributed by atoms with van der Waals surface area (Å²) in [7, 11) is 0. The summed E-state index contributed by atoms with van der Waals surface area (Å²) in [6.07, 6.45) is 1.39. The summed E-state index contributed by atoms with van der Waals surface area (Å²) >= 11 is 9.30. The Morgan fingerprint density at radius 1 is 0.969 bits per heavy atom. The van der Waals surface area contributed by atoms with Gasteiger partial charge in [-0.1, -0.05) is 48.0 Å². The van der Waals surface area contributed by atoms with E-state index in [0.717, 1.165) is 0 Å². The number of ether oxygens (including phenoxy) is 1. The number of halogens is 2. The summed E-state index contributed by atoms with van der Waals surface area (Å²) in [4.78, 5) is 36.3. The van der Waals surface area contributed by atoms with Crippen LogP contribution in [0.5, 0.6) is 5.75 Å². The van der Waals surface area contributed by atoms with E-state index in [2.05, 4.69) is 31.8 Å². The highest BCUT2D eigenvalue weighted by molar-refractivity contribution is 9.10. The van der Waals surface area contributed by atoms with Gasteiger partial charge < -0.3 is 10.1 Å². The van der Waals surface area contributed by atoms with Crippen molar-refractivity contribution >= 4 is 51.5 Å². The van der Waals surface area contributed by atoms with E-state index in [1.165, 1.54) is 6.21 Å². The lowest BCUT2D eigenvalue weighted by Crippen LogP contribution is -2.35. The van der Waals surface area contributed by atoms with Gasteiger partial charge in [0.1, 0.15) is 5.75 Å². The van der Waals surface area contributed by atoms with Crippen LogP contribution in [0.4, 0.5) is 0 Å². The first-order valence-electron chi connectivity index (χ1n) is 9.35. The average molecular weight is 515 g/mol. The van der Waals surface area contributed by atoms with Crippen LogP contribution < -0.4 is 15.5 Å². The Kier molecular flexibility index (Phi) is 8.13. The molecule has 0 aliphatic heterocycles.